The van der Waals surface area contributed by atoms with Crippen molar-refractivity contribution in [2.24, 2.45) is 5.41 Å². The monoisotopic (exact) mass is 232 g/mol. The quantitative estimate of drug-likeness (QED) is 0.782. The van der Waals surface area contributed by atoms with Crippen molar-refractivity contribution < 1.29 is 4.74 Å². The summed E-state index contributed by atoms with van der Waals surface area (Å²) in [5, 5.41) is 0. The Hall–Kier alpha value is -1.09. The van der Waals surface area contributed by atoms with E-state index in [4.69, 9.17) is 4.74 Å². The Kier molecular flexibility index (Phi) is 2.79. The Balaban J connectivity index is 1.65. The van der Waals surface area contributed by atoms with E-state index in [2.05, 4.69) is 28.9 Å². The number of aryl methyl sites for hydroxylation is 1. The minimum absolute atomic E-state index is 0.521. The maximum atomic E-state index is 5.36. The molecule has 0 N–H and O–H groups in total. The Morgan fingerprint density at radius 2 is 2.06 bits per heavy atom. The number of aromatic nitrogens is 1. The zero-order valence-electron chi connectivity index (χ0n) is 10.5. The minimum Gasteiger partial charge on any atom is -0.380 e. The normalized spacial score (nSPS) is 22.5. The van der Waals surface area contributed by atoms with Crippen molar-refractivity contribution in [1.82, 2.24) is 4.98 Å². The van der Waals surface area contributed by atoms with Crippen LogP contribution in [0.5, 0.6) is 0 Å². The van der Waals surface area contributed by atoms with Crippen molar-refractivity contribution >= 4 is 5.69 Å². The van der Waals surface area contributed by atoms with Crippen molar-refractivity contribution in [2.75, 3.05) is 31.2 Å². The van der Waals surface area contributed by atoms with Gasteiger partial charge in [-0.25, -0.2) is 0 Å². The number of piperidine rings is 1. The molecule has 2 fully saturated rings. The van der Waals surface area contributed by atoms with Crippen molar-refractivity contribution in [2.45, 2.75) is 26.2 Å². The average Bonchev–Trinajstić information content (AvgIpc) is 2.37. The van der Waals surface area contributed by atoms with Crippen LogP contribution in [-0.2, 0) is 11.2 Å². The molecule has 3 heteroatoms. The molecule has 0 bridgehead atoms. The van der Waals surface area contributed by atoms with Crippen molar-refractivity contribution in [1.29, 1.82) is 0 Å². The summed E-state index contributed by atoms with van der Waals surface area (Å²) in [6, 6.07) is 4.35. The summed E-state index contributed by atoms with van der Waals surface area (Å²) in [7, 11) is 0. The van der Waals surface area contributed by atoms with Crippen LogP contribution in [0.4, 0.5) is 5.69 Å². The van der Waals surface area contributed by atoms with Crippen LogP contribution in [0.15, 0.2) is 18.3 Å². The van der Waals surface area contributed by atoms with E-state index in [1.807, 2.05) is 6.20 Å². The van der Waals surface area contributed by atoms with E-state index in [-0.39, 0.29) is 0 Å². The predicted octanol–water partition coefficient (Wildman–Crippen LogP) is 2.26. The second-order valence-corrected chi connectivity index (χ2v) is 5.34. The molecule has 3 rings (SSSR count). The van der Waals surface area contributed by atoms with E-state index in [0.29, 0.717) is 5.41 Å². The van der Waals surface area contributed by atoms with Gasteiger partial charge in [0, 0.05) is 24.2 Å². The molecule has 0 radical (unpaired) electrons. The summed E-state index contributed by atoms with van der Waals surface area (Å²) in [6.45, 7) is 6.40. The molecular formula is C14H20N2O. The number of hydrogen-bond donors (Lipinski definition) is 0. The first-order valence-corrected chi connectivity index (χ1v) is 6.59. The van der Waals surface area contributed by atoms with Crippen LogP contribution in [-0.4, -0.2) is 31.3 Å². The summed E-state index contributed by atoms with van der Waals surface area (Å²) in [5.41, 5.74) is 2.97. The van der Waals surface area contributed by atoms with Crippen molar-refractivity contribution in [3.8, 4) is 0 Å². The summed E-state index contributed by atoms with van der Waals surface area (Å²) in [4.78, 5) is 6.93. The summed E-state index contributed by atoms with van der Waals surface area (Å²) < 4.78 is 5.36. The number of rotatable bonds is 2. The Labute approximate surface area is 103 Å². The van der Waals surface area contributed by atoms with Crippen LogP contribution in [0, 0.1) is 5.41 Å². The van der Waals surface area contributed by atoms with Crippen LogP contribution in [0.2, 0.25) is 0 Å². The fourth-order valence-electron chi connectivity index (χ4n) is 2.73. The fraction of sp³-hybridized carbons (Fsp3) is 0.643. The molecule has 2 aliphatic rings. The highest BCUT2D eigenvalue weighted by Crippen LogP contribution is 2.39. The van der Waals surface area contributed by atoms with E-state index in [1.165, 1.54) is 24.2 Å². The summed E-state index contributed by atoms with van der Waals surface area (Å²) in [5.74, 6) is 0. The number of pyridine rings is 1. The van der Waals surface area contributed by atoms with Crippen molar-refractivity contribution in [3.05, 3.63) is 24.0 Å². The molecule has 3 heterocycles. The molecule has 1 spiro atoms. The van der Waals surface area contributed by atoms with Crippen LogP contribution in [0.3, 0.4) is 0 Å². The zero-order chi connectivity index (χ0) is 11.7. The minimum atomic E-state index is 0.521. The predicted molar refractivity (Wildman–Crippen MR) is 68.3 cm³/mol. The first-order valence-electron chi connectivity index (χ1n) is 6.59. The maximum Gasteiger partial charge on any atom is 0.0552 e. The van der Waals surface area contributed by atoms with E-state index < -0.39 is 0 Å². The van der Waals surface area contributed by atoms with Gasteiger partial charge in [0.15, 0.2) is 0 Å². The molecular weight excluding hydrogens is 212 g/mol. The zero-order valence-corrected chi connectivity index (χ0v) is 10.5. The van der Waals surface area contributed by atoms with Crippen LogP contribution in [0.25, 0.3) is 0 Å². The summed E-state index contributed by atoms with van der Waals surface area (Å²) >= 11 is 0. The number of ether oxygens (including phenoxy) is 1. The lowest BCUT2D eigenvalue weighted by Crippen LogP contribution is -2.50. The van der Waals surface area contributed by atoms with Crippen LogP contribution >= 0.6 is 0 Å². The van der Waals surface area contributed by atoms with Gasteiger partial charge in [0.05, 0.1) is 25.1 Å². The van der Waals surface area contributed by atoms with Gasteiger partial charge < -0.3 is 9.64 Å². The number of anilines is 1. The third-order valence-corrected chi connectivity index (χ3v) is 4.18. The van der Waals surface area contributed by atoms with Gasteiger partial charge in [-0.3, -0.25) is 4.98 Å². The summed E-state index contributed by atoms with van der Waals surface area (Å²) in [6.07, 6.45) is 5.57. The lowest BCUT2D eigenvalue weighted by molar-refractivity contribution is -0.124. The highest BCUT2D eigenvalue weighted by Gasteiger charge is 2.41. The molecule has 17 heavy (non-hydrogen) atoms. The largest absolute Gasteiger partial charge is 0.380 e. The number of nitrogens with zero attached hydrogens (tertiary/aromatic N) is 2. The molecule has 0 unspecified atom stereocenters. The lowest BCUT2D eigenvalue weighted by atomic mass is 9.77. The molecule has 0 atom stereocenters. The first-order chi connectivity index (χ1) is 8.31. The average molecular weight is 232 g/mol. The maximum absolute atomic E-state index is 5.36. The standard InChI is InChI=1S/C14H20N2O/c1-2-12-3-4-13(9-15-12)16-7-5-14(6-8-16)10-17-11-14/h3-4,9H,2,5-8,10-11H2,1H3. The molecule has 3 nitrogen and oxygen atoms in total. The van der Waals surface area contributed by atoms with Gasteiger partial charge >= 0.3 is 0 Å². The third-order valence-electron chi connectivity index (χ3n) is 4.18. The van der Waals surface area contributed by atoms with E-state index in [9.17, 15) is 0 Å². The van der Waals surface area contributed by atoms with Gasteiger partial charge in [-0.1, -0.05) is 6.92 Å². The van der Waals surface area contributed by atoms with E-state index in [1.54, 1.807) is 0 Å². The second kappa shape index (κ2) is 4.30. The highest BCUT2D eigenvalue weighted by atomic mass is 16.5. The van der Waals surface area contributed by atoms with Crippen LogP contribution in [0.1, 0.15) is 25.5 Å². The van der Waals surface area contributed by atoms with Crippen molar-refractivity contribution in [3.63, 3.8) is 0 Å². The van der Waals surface area contributed by atoms with Gasteiger partial charge in [0.25, 0.3) is 0 Å². The molecule has 0 aliphatic carbocycles. The van der Waals surface area contributed by atoms with Gasteiger partial charge in [0.2, 0.25) is 0 Å². The highest BCUT2D eigenvalue weighted by molar-refractivity contribution is 5.45. The first kappa shape index (κ1) is 11.0. The number of hydrogen-bond acceptors (Lipinski definition) is 3. The molecule has 0 saturated carbocycles. The SMILES string of the molecule is CCc1ccc(N2CCC3(CC2)COC3)cn1. The third kappa shape index (κ3) is 2.04. The fourth-order valence-corrected chi connectivity index (χ4v) is 2.73. The van der Waals surface area contributed by atoms with Gasteiger partial charge in [-0.2, -0.15) is 0 Å². The smallest absolute Gasteiger partial charge is 0.0552 e. The topological polar surface area (TPSA) is 25.4 Å². The molecule has 0 amide bonds. The molecule has 92 valence electrons. The lowest BCUT2D eigenvalue weighted by Gasteiger charge is -2.47. The van der Waals surface area contributed by atoms with Gasteiger partial charge in [-0.05, 0) is 31.4 Å². The molecule has 1 aromatic rings. The molecule has 1 aromatic heterocycles. The van der Waals surface area contributed by atoms with E-state index >= 15 is 0 Å². The Bertz CT molecular complexity index is 374. The molecule has 2 saturated heterocycles. The molecule has 2 aliphatic heterocycles. The van der Waals surface area contributed by atoms with Crippen LogP contribution < -0.4 is 4.90 Å². The Morgan fingerprint density at radius 1 is 1.29 bits per heavy atom. The van der Waals surface area contributed by atoms with Gasteiger partial charge in [-0.15, -0.1) is 0 Å². The Morgan fingerprint density at radius 3 is 2.53 bits per heavy atom. The molecule has 0 aromatic carbocycles. The van der Waals surface area contributed by atoms with Gasteiger partial charge in [0.1, 0.15) is 0 Å². The van der Waals surface area contributed by atoms with E-state index in [0.717, 1.165) is 32.7 Å². The second-order valence-electron chi connectivity index (χ2n) is 5.34.